The summed E-state index contributed by atoms with van der Waals surface area (Å²) in [7, 11) is -4.18. The molecule has 0 saturated heterocycles. The third kappa shape index (κ3) is 3.90. The van der Waals surface area contributed by atoms with E-state index in [9.17, 15) is 17.6 Å². The summed E-state index contributed by atoms with van der Waals surface area (Å²) in [6.45, 7) is 0. The van der Waals surface area contributed by atoms with E-state index in [1.54, 1.807) is 4.72 Å². The Balaban J connectivity index is 2.31. The minimum absolute atomic E-state index is 0.102. The highest BCUT2D eigenvalue weighted by Gasteiger charge is 2.20. The molecule has 0 fully saturated rings. The van der Waals surface area contributed by atoms with Crippen LogP contribution in [-0.4, -0.2) is 19.3 Å². The second kappa shape index (κ2) is 5.97. The predicted molar refractivity (Wildman–Crippen MR) is 75.3 cm³/mol. The first-order valence-electron chi connectivity index (χ1n) is 5.43. The van der Waals surface area contributed by atoms with Gasteiger partial charge in [-0.3, -0.25) is 4.79 Å². The van der Waals surface area contributed by atoms with Crippen LogP contribution in [-0.2, 0) is 10.0 Å². The van der Waals surface area contributed by atoms with Gasteiger partial charge in [-0.2, -0.15) is 4.39 Å². The van der Waals surface area contributed by atoms with Gasteiger partial charge in [0.25, 0.3) is 15.9 Å². The molecule has 0 unspecified atom stereocenters. The topological polar surface area (TPSA) is 76.1 Å². The van der Waals surface area contributed by atoms with Crippen LogP contribution < -0.4 is 4.72 Å². The van der Waals surface area contributed by atoms with Crippen LogP contribution in [0.5, 0.6) is 0 Å². The summed E-state index contributed by atoms with van der Waals surface area (Å²) in [5.41, 5.74) is -0.181. The Kier molecular flexibility index (Phi) is 4.46. The van der Waals surface area contributed by atoms with E-state index in [1.807, 2.05) is 0 Å². The normalized spacial score (nSPS) is 11.2. The van der Waals surface area contributed by atoms with Gasteiger partial charge in [0, 0.05) is 27.9 Å². The van der Waals surface area contributed by atoms with E-state index in [0.717, 1.165) is 24.4 Å². The summed E-state index contributed by atoms with van der Waals surface area (Å²) in [4.78, 5) is 14.8. The molecule has 1 N–H and O–H groups in total. The average molecular weight is 349 g/mol. The molecule has 9 heteroatoms. The van der Waals surface area contributed by atoms with Gasteiger partial charge in [-0.05, 0) is 24.3 Å². The lowest BCUT2D eigenvalue weighted by Gasteiger charge is -2.07. The monoisotopic (exact) mass is 348 g/mol. The molecule has 0 radical (unpaired) electrons. The first-order chi connectivity index (χ1) is 9.78. The van der Waals surface area contributed by atoms with Crippen LogP contribution in [0.4, 0.5) is 4.39 Å². The van der Waals surface area contributed by atoms with Crippen LogP contribution in [0.15, 0.2) is 41.4 Å². The number of rotatable bonds is 3. The van der Waals surface area contributed by atoms with Crippen molar-refractivity contribution in [2.75, 3.05) is 0 Å². The zero-order valence-electron chi connectivity index (χ0n) is 10.2. The Labute approximate surface area is 129 Å². The summed E-state index contributed by atoms with van der Waals surface area (Å²) < 4.78 is 38.8. The Morgan fingerprint density at radius 3 is 2.33 bits per heavy atom. The highest BCUT2D eigenvalue weighted by Crippen LogP contribution is 2.22. The summed E-state index contributed by atoms with van der Waals surface area (Å²) in [5, 5.41) is 0.204. The van der Waals surface area contributed by atoms with Gasteiger partial charge in [-0.15, -0.1) is 0 Å². The fourth-order valence-corrected chi connectivity index (χ4v) is 3.17. The van der Waals surface area contributed by atoms with Crippen LogP contribution in [0.1, 0.15) is 10.4 Å². The van der Waals surface area contributed by atoms with E-state index < -0.39 is 21.9 Å². The number of pyridine rings is 1. The number of amides is 1. The van der Waals surface area contributed by atoms with Crippen molar-refractivity contribution in [2.24, 2.45) is 0 Å². The van der Waals surface area contributed by atoms with Crippen molar-refractivity contribution in [3.8, 4) is 0 Å². The smallest absolute Gasteiger partial charge is 0.265 e. The van der Waals surface area contributed by atoms with E-state index >= 15 is 0 Å². The van der Waals surface area contributed by atoms with E-state index in [-0.39, 0.29) is 20.5 Å². The largest absolute Gasteiger partial charge is 0.268 e. The molecule has 1 heterocycles. The molecule has 21 heavy (non-hydrogen) atoms. The molecule has 0 aliphatic carbocycles. The highest BCUT2D eigenvalue weighted by molar-refractivity contribution is 7.90. The van der Waals surface area contributed by atoms with Gasteiger partial charge in [0.15, 0.2) is 0 Å². The average Bonchev–Trinajstić information content (AvgIpc) is 2.37. The fourth-order valence-electron chi connectivity index (χ4n) is 1.47. The number of carbonyl (C=O) groups excluding carboxylic acids is 1. The van der Waals surface area contributed by atoms with Crippen molar-refractivity contribution in [1.82, 2.24) is 9.71 Å². The van der Waals surface area contributed by atoms with Crippen molar-refractivity contribution >= 4 is 39.1 Å². The number of hydrogen-bond acceptors (Lipinski definition) is 4. The number of benzene rings is 1. The standard InChI is InChI=1S/C12H7Cl2FN2O3S/c13-8-4-9(14)6-10(5-8)21(19,20)17-12(18)7-1-2-16-11(15)3-7/h1-6H,(H,17,18). The van der Waals surface area contributed by atoms with Crippen molar-refractivity contribution < 1.29 is 17.6 Å². The van der Waals surface area contributed by atoms with Crippen LogP contribution in [0.25, 0.3) is 0 Å². The fraction of sp³-hybridized carbons (Fsp3) is 0. The second-order valence-electron chi connectivity index (χ2n) is 3.91. The Bertz CT molecular complexity index is 792. The summed E-state index contributed by atoms with van der Waals surface area (Å²) in [6, 6.07) is 5.61. The van der Waals surface area contributed by atoms with Gasteiger partial charge in [-0.1, -0.05) is 23.2 Å². The molecular weight excluding hydrogens is 342 g/mol. The molecular formula is C12H7Cl2FN2O3S. The van der Waals surface area contributed by atoms with E-state index in [4.69, 9.17) is 23.2 Å². The maximum absolute atomic E-state index is 12.9. The third-order valence-corrected chi connectivity index (χ3v) is 4.11. The minimum Gasteiger partial charge on any atom is -0.268 e. The Hall–Kier alpha value is -1.70. The molecule has 110 valence electrons. The van der Waals surface area contributed by atoms with E-state index in [1.165, 1.54) is 12.1 Å². The molecule has 0 aliphatic heterocycles. The third-order valence-electron chi connectivity index (χ3n) is 2.36. The molecule has 1 amide bonds. The van der Waals surface area contributed by atoms with Gasteiger partial charge in [0.2, 0.25) is 5.95 Å². The minimum atomic E-state index is -4.18. The number of sulfonamides is 1. The predicted octanol–water partition coefficient (Wildman–Crippen LogP) is 2.65. The quantitative estimate of drug-likeness (QED) is 0.865. The van der Waals surface area contributed by atoms with Crippen LogP contribution in [0.2, 0.25) is 10.0 Å². The van der Waals surface area contributed by atoms with E-state index in [0.29, 0.717) is 0 Å². The number of hydrogen-bond donors (Lipinski definition) is 1. The zero-order valence-corrected chi connectivity index (χ0v) is 12.5. The van der Waals surface area contributed by atoms with Gasteiger partial charge < -0.3 is 0 Å². The lowest BCUT2D eigenvalue weighted by atomic mass is 10.2. The van der Waals surface area contributed by atoms with Crippen molar-refractivity contribution in [2.45, 2.75) is 4.90 Å². The number of halogens is 3. The number of nitrogens with one attached hydrogen (secondary N) is 1. The molecule has 2 aromatic rings. The number of nitrogens with zero attached hydrogens (tertiary/aromatic N) is 1. The molecule has 1 aromatic carbocycles. The first kappa shape index (κ1) is 15.7. The van der Waals surface area contributed by atoms with Gasteiger partial charge in [0.05, 0.1) is 4.90 Å². The molecule has 0 spiro atoms. The van der Waals surface area contributed by atoms with Crippen molar-refractivity contribution in [1.29, 1.82) is 0 Å². The van der Waals surface area contributed by atoms with E-state index in [2.05, 4.69) is 4.98 Å². The first-order valence-corrected chi connectivity index (χ1v) is 7.66. The Morgan fingerprint density at radius 2 is 1.76 bits per heavy atom. The molecule has 0 atom stereocenters. The van der Waals surface area contributed by atoms with Crippen molar-refractivity contribution in [3.05, 3.63) is 58.1 Å². The molecule has 2 rings (SSSR count). The lowest BCUT2D eigenvalue weighted by Crippen LogP contribution is -2.30. The number of aromatic nitrogens is 1. The molecule has 0 aliphatic rings. The summed E-state index contributed by atoms with van der Waals surface area (Å²) in [6.07, 6.45) is 1.05. The maximum atomic E-state index is 12.9. The van der Waals surface area contributed by atoms with Crippen LogP contribution in [0.3, 0.4) is 0 Å². The molecule has 1 aromatic heterocycles. The maximum Gasteiger partial charge on any atom is 0.265 e. The molecule has 5 nitrogen and oxygen atoms in total. The lowest BCUT2D eigenvalue weighted by molar-refractivity contribution is 0.0980. The second-order valence-corrected chi connectivity index (χ2v) is 6.46. The summed E-state index contributed by atoms with van der Waals surface area (Å²) in [5.74, 6) is -1.89. The van der Waals surface area contributed by atoms with Gasteiger partial charge in [-0.25, -0.2) is 18.1 Å². The molecule has 0 bridgehead atoms. The van der Waals surface area contributed by atoms with Crippen LogP contribution >= 0.6 is 23.2 Å². The highest BCUT2D eigenvalue weighted by atomic mass is 35.5. The summed E-state index contributed by atoms with van der Waals surface area (Å²) >= 11 is 11.4. The Morgan fingerprint density at radius 1 is 1.14 bits per heavy atom. The number of carbonyl (C=O) groups is 1. The van der Waals surface area contributed by atoms with Crippen molar-refractivity contribution in [3.63, 3.8) is 0 Å². The zero-order chi connectivity index (χ0) is 15.6. The van der Waals surface area contributed by atoms with Crippen LogP contribution in [0, 0.1) is 5.95 Å². The van der Waals surface area contributed by atoms with Gasteiger partial charge >= 0.3 is 0 Å². The molecule has 0 saturated carbocycles. The SMILES string of the molecule is O=C(NS(=O)(=O)c1cc(Cl)cc(Cl)c1)c1ccnc(F)c1. The van der Waals surface area contributed by atoms with Gasteiger partial charge in [0.1, 0.15) is 0 Å².